The molecule has 0 aromatic carbocycles. The molecule has 8 fully saturated rings. The van der Waals surface area contributed by atoms with Gasteiger partial charge in [0, 0.05) is 10.8 Å². The Morgan fingerprint density at radius 3 is 1.52 bits per heavy atom. The summed E-state index contributed by atoms with van der Waals surface area (Å²) in [6, 6.07) is 0. The van der Waals surface area contributed by atoms with Gasteiger partial charge in [-0.15, -0.1) is 0 Å². The third-order valence-corrected chi connectivity index (χ3v) is 22.9. The molecule has 516 valence electrons. The van der Waals surface area contributed by atoms with E-state index in [4.69, 9.17) is 47.4 Å². The first-order chi connectivity index (χ1) is 41.7. The maximum absolute atomic E-state index is 12.8. The van der Waals surface area contributed by atoms with Crippen LogP contribution >= 0.6 is 0 Å². The number of aliphatic hydroxyl groups excluding tert-OH is 18. The van der Waals surface area contributed by atoms with Gasteiger partial charge in [-0.25, -0.2) is 0 Å². The summed E-state index contributed by atoms with van der Waals surface area (Å²) >= 11 is 0. The lowest BCUT2D eigenvalue weighted by Gasteiger charge is -2.67. The van der Waals surface area contributed by atoms with Gasteiger partial charge in [-0.1, -0.05) is 53.2 Å². The molecule has 29 heteroatoms. The lowest BCUT2D eigenvalue weighted by molar-refractivity contribution is -0.380. The molecule has 4 aliphatic carbocycles. The van der Waals surface area contributed by atoms with Gasteiger partial charge in [-0.2, -0.15) is 0 Å². The van der Waals surface area contributed by atoms with E-state index in [0.717, 1.165) is 18.4 Å². The summed E-state index contributed by atoms with van der Waals surface area (Å²) in [7, 11) is 0. The molecule has 0 amide bonds. The molecule has 9 aliphatic rings. The Morgan fingerprint density at radius 1 is 0.517 bits per heavy atom. The van der Waals surface area contributed by atoms with Crippen molar-refractivity contribution in [3.8, 4) is 0 Å². The predicted octanol–water partition coefficient (Wildman–Crippen LogP) is -5.41. The molecule has 0 aromatic heterocycles. The Bertz CT molecular complexity index is 2340. The van der Waals surface area contributed by atoms with Gasteiger partial charge in [-0.3, -0.25) is 0 Å². The van der Waals surface area contributed by atoms with Crippen LogP contribution in [-0.2, 0) is 47.4 Å². The molecule has 29 nitrogen and oxygen atoms in total. The first-order valence-corrected chi connectivity index (χ1v) is 31.6. The van der Waals surface area contributed by atoms with Crippen molar-refractivity contribution < 1.29 is 144 Å². The molecule has 35 atom stereocenters. The normalized spacial score (nSPS) is 51.8. The Labute approximate surface area is 517 Å². The van der Waals surface area contributed by atoms with Gasteiger partial charge >= 0.3 is 0 Å². The number of aliphatic hydroxyl groups is 19. The smallest absolute Gasteiger partial charge is 0.187 e. The van der Waals surface area contributed by atoms with Crippen molar-refractivity contribution in [2.45, 2.75) is 284 Å². The van der Waals surface area contributed by atoms with Gasteiger partial charge in [0.15, 0.2) is 31.5 Å². The van der Waals surface area contributed by atoms with Crippen LogP contribution in [0.3, 0.4) is 0 Å². The fourth-order valence-electron chi connectivity index (χ4n) is 17.1. The second kappa shape index (κ2) is 27.6. The van der Waals surface area contributed by atoms with Crippen LogP contribution in [0.1, 0.15) is 107 Å². The lowest BCUT2D eigenvalue weighted by atomic mass is 9.38. The van der Waals surface area contributed by atoms with Crippen LogP contribution in [0.4, 0.5) is 0 Å². The third-order valence-electron chi connectivity index (χ3n) is 22.9. The number of hydrogen-bond acceptors (Lipinski definition) is 29. The standard InChI is InChI=1S/C60H102O29/c1-23(9-13-35(57(4,5)79)87-55-50(89-54-47(77)42(72)38(68)29(20-63)83-54)43(73)39(69)31(85-55)22-80-51-45(75)40(70)36(66)27(18-61)81-51)24-15-16-58(6)32-12-10-25-26(60(32,8)33(65)17-59(24,58)7)11-14-34(56(25,2)3)86-52-48(78)44(74)49(30(21-64)84-52)88-53-46(76)41(71)37(67)28(19-62)82-53/h10,23-24,26-55,61-79H,9,11-22H2,1-8H3/t23-,24-,26-,27-,28-,29-,30-,31-,32+,33-,34+,35-,36-,37-,38-,39-,40+,41+,42+,43+,44-,45-,46-,47-,48-,49-,50-,51-,52+,53+,54+,55+,58+,59-,60+/m1/s1. The number of fused-ring (bicyclic) bond motifs is 5. The molecule has 5 heterocycles. The maximum Gasteiger partial charge on any atom is 0.187 e. The maximum atomic E-state index is 12.8. The molecular formula is C60H102O29. The molecule has 0 aromatic rings. The molecule has 89 heavy (non-hydrogen) atoms. The van der Waals surface area contributed by atoms with E-state index in [0.29, 0.717) is 32.1 Å². The fraction of sp³-hybridized carbons (Fsp3) is 0.967. The van der Waals surface area contributed by atoms with Crippen molar-refractivity contribution >= 4 is 0 Å². The molecule has 0 spiro atoms. The number of hydrogen-bond donors (Lipinski definition) is 19. The monoisotopic (exact) mass is 1290 g/mol. The SMILES string of the molecule is C[C@H](CC[C@@H](O[C@@H]1O[C@H](CO[C@@H]2O[C@H](CO)[C@@H](O)[C@H](O)[C@H]2O)[C@@H](O)[C@H](O)[C@H]1O[C@@H]1O[C@H](CO)[C@@H](O)[C@H](O)[C@H]1O)C(C)(C)O)[C@H]1CC[C@@]2(C)[C@@H]3CC=C4[C@@H](CC[C@H](O[C@@H]5O[C@H](CO)[C@@H](O[C@@H]6O[C@H](CO)[C@@H](O)[C@H](O)[C@H]6O)[C@H](O)[C@H]5O)C4(C)C)[C@]3(C)[C@H](O)C[C@]12C. The van der Waals surface area contributed by atoms with Gasteiger partial charge in [0.25, 0.3) is 0 Å². The quantitative estimate of drug-likeness (QED) is 0.0506. The van der Waals surface area contributed by atoms with Crippen LogP contribution < -0.4 is 0 Å². The minimum atomic E-state index is -1.96. The van der Waals surface area contributed by atoms with Crippen molar-refractivity contribution in [1.29, 1.82) is 0 Å². The Hall–Kier alpha value is -1.42. The topological polar surface area (TPSA) is 477 Å². The van der Waals surface area contributed by atoms with E-state index in [1.165, 1.54) is 13.8 Å². The van der Waals surface area contributed by atoms with Crippen molar-refractivity contribution in [1.82, 2.24) is 0 Å². The van der Waals surface area contributed by atoms with Gasteiger partial charge in [0.1, 0.15) is 122 Å². The first-order valence-electron chi connectivity index (χ1n) is 31.6. The summed E-state index contributed by atoms with van der Waals surface area (Å²) in [5.74, 6) is -0.0172. The van der Waals surface area contributed by atoms with Gasteiger partial charge in [-0.05, 0) is 99.7 Å². The highest BCUT2D eigenvalue weighted by molar-refractivity contribution is 5.32. The van der Waals surface area contributed by atoms with E-state index in [-0.39, 0.29) is 35.5 Å². The van der Waals surface area contributed by atoms with Crippen LogP contribution in [0, 0.1) is 45.3 Å². The van der Waals surface area contributed by atoms with Crippen molar-refractivity contribution in [3.05, 3.63) is 11.6 Å². The summed E-state index contributed by atoms with van der Waals surface area (Å²) in [5, 5.41) is 205. The Balaban J connectivity index is 0.884. The van der Waals surface area contributed by atoms with E-state index < -0.39 is 227 Å². The predicted molar refractivity (Wildman–Crippen MR) is 300 cm³/mol. The van der Waals surface area contributed by atoms with E-state index in [2.05, 4.69) is 33.8 Å². The summed E-state index contributed by atoms with van der Waals surface area (Å²) in [4.78, 5) is 0. The fourth-order valence-corrected chi connectivity index (χ4v) is 17.1. The average molecular weight is 1290 g/mol. The van der Waals surface area contributed by atoms with Crippen molar-refractivity contribution in [2.75, 3.05) is 33.0 Å². The molecular weight excluding hydrogens is 1180 g/mol. The second-order valence-corrected chi connectivity index (χ2v) is 28.7. The molecule has 0 radical (unpaired) electrons. The summed E-state index contributed by atoms with van der Waals surface area (Å²) in [6.07, 6.45) is -37.7. The molecule has 9 rings (SSSR count). The zero-order chi connectivity index (χ0) is 65.5. The van der Waals surface area contributed by atoms with Crippen LogP contribution in [-0.4, -0.2) is 308 Å². The van der Waals surface area contributed by atoms with Crippen molar-refractivity contribution in [2.24, 2.45) is 45.3 Å². The second-order valence-electron chi connectivity index (χ2n) is 28.7. The highest BCUT2D eigenvalue weighted by atomic mass is 16.8. The zero-order valence-electron chi connectivity index (χ0n) is 51.8. The van der Waals surface area contributed by atoms with E-state index >= 15 is 0 Å². The van der Waals surface area contributed by atoms with E-state index in [1.54, 1.807) is 0 Å². The summed E-state index contributed by atoms with van der Waals surface area (Å²) in [6.45, 7) is 12.3. The summed E-state index contributed by atoms with van der Waals surface area (Å²) < 4.78 is 59.5. The molecule has 5 saturated heterocycles. The number of rotatable bonds is 20. The molecule has 5 aliphatic heterocycles. The number of ether oxygens (including phenoxy) is 10. The first kappa shape index (κ1) is 71.9. The molecule has 0 unspecified atom stereocenters. The third kappa shape index (κ3) is 13.0. The minimum absolute atomic E-state index is 0.0310. The average Bonchev–Trinajstić information content (AvgIpc) is 1.66. The minimum Gasteiger partial charge on any atom is -0.394 e. The van der Waals surface area contributed by atoms with Gasteiger partial charge in [0.2, 0.25) is 0 Å². The largest absolute Gasteiger partial charge is 0.394 e. The Kier molecular flexibility index (Phi) is 22.3. The number of allylic oxidation sites excluding steroid dienone is 1. The van der Waals surface area contributed by atoms with E-state index in [1.807, 2.05) is 13.8 Å². The molecule has 19 N–H and O–H groups in total. The highest BCUT2D eigenvalue weighted by Gasteiger charge is 2.71. The van der Waals surface area contributed by atoms with Gasteiger partial charge < -0.3 is 144 Å². The Morgan fingerprint density at radius 2 is 0.978 bits per heavy atom. The summed E-state index contributed by atoms with van der Waals surface area (Å²) in [5.41, 5.74) is -2.49. The van der Waals surface area contributed by atoms with Crippen LogP contribution in [0.15, 0.2) is 11.6 Å². The zero-order valence-corrected chi connectivity index (χ0v) is 51.8. The molecule has 0 bridgehead atoms. The van der Waals surface area contributed by atoms with E-state index in [9.17, 15) is 97.0 Å². The molecule has 3 saturated carbocycles. The van der Waals surface area contributed by atoms with Crippen molar-refractivity contribution in [3.63, 3.8) is 0 Å². The lowest BCUT2D eigenvalue weighted by Crippen LogP contribution is -2.66. The highest BCUT2D eigenvalue weighted by Crippen LogP contribution is 2.75. The van der Waals surface area contributed by atoms with Crippen LogP contribution in [0.5, 0.6) is 0 Å². The van der Waals surface area contributed by atoms with Crippen LogP contribution in [0.2, 0.25) is 0 Å². The van der Waals surface area contributed by atoms with Crippen LogP contribution in [0.25, 0.3) is 0 Å². The van der Waals surface area contributed by atoms with Gasteiger partial charge in [0.05, 0.1) is 56.9 Å².